The summed E-state index contributed by atoms with van der Waals surface area (Å²) in [4.78, 5) is 32.1. The molecule has 4 aliphatic rings. The van der Waals surface area contributed by atoms with E-state index >= 15 is 0 Å². The molecule has 0 radical (unpaired) electrons. The maximum Gasteiger partial charge on any atom is 0.360 e. The van der Waals surface area contributed by atoms with E-state index in [1.807, 2.05) is 24.3 Å². The van der Waals surface area contributed by atoms with Crippen LogP contribution in [-0.4, -0.2) is 44.2 Å². The van der Waals surface area contributed by atoms with Crippen molar-refractivity contribution in [1.29, 1.82) is 0 Å². The Kier molecular flexibility index (Phi) is 5.75. The first-order valence-corrected chi connectivity index (χ1v) is 13.5. The molecule has 6 heteroatoms. The van der Waals surface area contributed by atoms with E-state index in [-0.39, 0.29) is 11.7 Å². The number of rotatable bonds is 4. The van der Waals surface area contributed by atoms with Crippen molar-refractivity contribution in [3.05, 3.63) is 40.3 Å². The highest BCUT2D eigenvalue weighted by atomic mass is 16.4. The summed E-state index contributed by atoms with van der Waals surface area (Å²) in [6.07, 6.45) is 12.8. The lowest BCUT2D eigenvalue weighted by atomic mass is 9.67. The molecule has 6 atom stereocenters. The van der Waals surface area contributed by atoms with Crippen LogP contribution in [0, 0.1) is 23.7 Å². The van der Waals surface area contributed by atoms with Crippen LogP contribution >= 0.6 is 0 Å². The summed E-state index contributed by atoms with van der Waals surface area (Å²) in [7, 11) is 0. The lowest BCUT2D eigenvalue weighted by molar-refractivity contribution is -0.0252. The van der Waals surface area contributed by atoms with Crippen LogP contribution in [0.2, 0.25) is 0 Å². The molecule has 6 rings (SSSR count). The summed E-state index contributed by atoms with van der Waals surface area (Å²) in [5, 5.41) is 9.65. The number of benzene rings is 1. The molecule has 2 aliphatic heterocycles. The molecule has 4 fully saturated rings. The summed E-state index contributed by atoms with van der Waals surface area (Å²) in [5.41, 5.74) is 0.556. The molecule has 3 heterocycles. The van der Waals surface area contributed by atoms with Gasteiger partial charge in [-0.15, -0.1) is 0 Å². The molecule has 1 aromatic carbocycles. The predicted molar refractivity (Wildman–Crippen MR) is 132 cm³/mol. The number of aromatic carboxylic acids is 1. The van der Waals surface area contributed by atoms with Crippen LogP contribution < -0.4 is 5.56 Å². The SMILES string of the molecule is CC1C[C@@H]2CC(n3c(=O)c(C(=O)O)nc4ccccc43)C[C@H](C1)N2CC1CC2CCCC(C2)C1. The Balaban J connectivity index is 1.30. The van der Waals surface area contributed by atoms with Crippen LogP contribution in [0.15, 0.2) is 29.1 Å². The second-order valence-electron chi connectivity index (χ2n) is 11.9. The van der Waals surface area contributed by atoms with Gasteiger partial charge in [0.15, 0.2) is 0 Å². The Morgan fingerprint density at radius 3 is 2.32 bits per heavy atom. The largest absolute Gasteiger partial charge is 0.476 e. The summed E-state index contributed by atoms with van der Waals surface area (Å²) in [6.45, 7) is 3.59. The number of carbonyl (C=O) groups is 1. The molecule has 182 valence electrons. The van der Waals surface area contributed by atoms with Gasteiger partial charge in [0.05, 0.1) is 11.0 Å². The van der Waals surface area contributed by atoms with Gasteiger partial charge in [-0.1, -0.05) is 38.3 Å². The summed E-state index contributed by atoms with van der Waals surface area (Å²) in [6, 6.07) is 8.48. The van der Waals surface area contributed by atoms with E-state index in [4.69, 9.17) is 0 Å². The first kappa shape index (κ1) is 22.3. The van der Waals surface area contributed by atoms with Crippen molar-refractivity contribution in [2.24, 2.45) is 23.7 Å². The first-order valence-electron chi connectivity index (χ1n) is 13.5. The van der Waals surface area contributed by atoms with Gasteiger partial charge >= 0.3 is 5.97 Å². The highest BCUT2D eigenvalue weighted by Gasteiger charge is 2.43. The molecule has 6 nitrogen and oxygen atoms in total. The second-order valence-corrected chi connectivity index (χ2v) is 11.9. The van der Waals surface area contributed by atoms with E-state index in [1.54, 1.807) is 4.57 Å². The molecule has 1 aromatic heterocycles. The Hall–Kier alpha value is -2.21. The first-order chi connectivity index (χ1) is 16.5. The van der Waals surface area contributed by atoms with E-state index in [9.17, 15) is 14.7 Å². The van der Waals surface area contributed by atoms with Crippen LogP contribution in [0.3, 0.4) is 0 Å². The van der Waals surface area contributed by atoms with Gasteiger partial charge in [0, 0.05) is 24.7 Å². The third-order valence-corrected chi connectivity index (χ3v) is 9.43. The van der Waals surface area contributed by atoms with Crippen molar-refractivity contribution in [3.8, 4) is 0 Å². The molecule has 2 aromatic rings. The quantitative estimate of drug-likeness (QED) is 0.682. The Morgan fingerprint density at radius 1 is 0.971 bits per heavy atom. The normalized spacial score (nSPS) is 35.9. The lowest BCUT2D eigenvalue weighted by Gasteiger charge is -2.53. The average Bonchev–Trinajstić information content (AvgIpc) is 2.79. The Labute approximate surface area is 201 Å². The number of hydrogen-bond donors (Lipinski definition) is 1. The number of nitrogens with zero attached hydrogens (tertiary/aromatic N) is 3. The van der Waals surface area contributed by atoms with Gasteiger partial charge in [-0.05, 0) is 80.8 Å². The lowest BCUT2D eigenvalue weighted by Crippen LogP contribution is -2.56. The van der Waals surface area contributed by atoms with Crippen molar-refractivity contribution >= 4 is 17.0 Å². The minimum atomic E-state index is -1.24. The molecule has 2 saturated heterocycles. The van der Waals surface area contributed by atoms with Gasteiger partial charge in [0.1, 0.15) is 0 Å². The maximum absolute atomic E-state index is 13.3. The van der Waals surface area contributed by atoms with Crippen molar-refractivity contribution < 1.29 is 9.90 Å². The summed E-state index contributed by atoms with van der Waals surface area (Å²) in [5.74, 6) is 2.19. The fraction of sp³-hybridized carbons (Fsp3) is 0.679. The second kappa shape index (κ2) is 8.78. The van der Waals surface area contributed by atoms with Crippen molar-refractivity contribution in [3.63, 3.8) is 0 Å². The smallest absolute Gasteiger partial charge is 0.360 e. The third-order valence-electron chi connectivity index (χ3n) is 9.43. The van der Waals surface area contributed by atoms with E-state index < -0.39 is 11.5 Å². The van der Waals surface area contributed by atoms with E-state index in [1.165, 1.54) is 57.9 Å². The van der Waals surface area contributed by atoms with Crippen LogP contribution in [0.5, 0.6) is 0 Å². The molecule has 34 heavy (non-hydrogen) atoms. The van der Waals surface area contributed by atoms with Gasteiger partial charge in [0.25, 0.3) is 5.56 Å². The third kappa shape index (κ3) is 3.98. The van der Waals surface area contributed by atoms with Gasteiger partial charge in [-0.25, -0.2) is 9.78 Å². The van der Waals surface area contributed by atoms with Crippen LogP contribution in [-0.2, 0) is 0 Å². The van der Waals surface area contributed by atoms with Gasteiger partial charge in [0.2, 0.25) is 5.69 Å². The van der Waals surface area contributed by atoms with Crippen molar-refractivity contribution in [2.75, 3.05) is 6.54 Å². The van der Waals surface area contributed by atoms with E-state index in [2.05, 4.69) is 16.8 Å². The van der Waals surface area contributed by atoms with Crippen LogP contribution in [0.25, 0.3) is 11.0 Å². The predicted octanol–water partition coefficient (Wildman–Crippen LogP) is 5.12. The number of aromatic nitrogens is 2. The van der Waals surface area contributed by atoms with Crippen LogP contribution in [0.4, 0.5) is 0 Å². The zero-order chi connectivity index (χ0) is 23.4. The topological polar surface area (TPSA) is 75.4 Å². The fourth-order valence-electron chi connectivity index (χ4n) is 8.26. The molecule has 0 spiro atoms. The summed E-state index contributed by atoms with van der Waals surface area (Å²) < 4.78 is 1.78. The van der Waals surface area contributed by atoms with Crippen LogP contribution in [0.1, 0.15) is 87.7 Å². The molecular weight excluding hydrogens is 426 g/mol. The van der Waals surface area contributed by atoms with Crippen molar-refractivity contribution in [2.45, 2.75) is 89.3 Å². The zero-order valence-corrected chi connectivity index (χ0v) is 20.2. The highest BCUT2D eigenvalue weighted by Crippen LogP contribution is 2.46. The number of carboxylic acids is 1. The zero-order valence-electron chi connectivity index (χ0n) is 20.2. The fourth-order valence-corrected chi connectivity index (χ4v) is 8.26. The minimum absolute atomic E-state index is 0.0305. The highest BCUT2D eigenvalue weighted by molar-refractivity contribution is 5.88. The number of carboxylic acid groups (broad SMARTS) is 1. The van der Waals surface area contributed by atoms with E-state index in [0.29, 0.717) is 23.5 Å². The summed E-state index contributed by atoms with van der Waals surface area (Å²) >= 11 is 0. The molecule has 1 N–H and O–H groups in total. The number of piperidine rings is 2. The number of para-hydroxylation sites is 2. The van der Waals surface area contributed by atoms with E-state index in [0.717, 1.165) is 36.1 Å². The molecule has 2 saturated carbocycles. The minimum Gasteiger partial charge on any atom is -0.476 e. The number of fused-ring (bicyclic) bond motifs is 5. The van der Waals surface area contributed by atoms with Gasteiger partial charge < -0.3 is 9.67 Å². The van der Waals surface area contributed by atoms with Gasteiger partial charge in [-0.2, -0.15) is 0 Å². The molecule has 4 unspecified atom stereocenters. The molecular formula is C28H37N3O3. The maximum atomic E-state index is 13.3. The van der Waals surface area contributed by atoms with Crippen molar-refractivity contribution in [1.82, 2.24) is 14.5 Å². The Bertz CT molecular complexity index is 1120. The van der Waals surface area contributed by atoms with Gasteiger partial charge in [-0.3, -0.25) is 9.69 Å². The average molecular weight is 464 g/mol. The number of hydrogen-bond acceptors (Lipinski definition) is 4. The molecule has 2 aliphatic carbocycles. The monoisotopic (exact) mass is 463 g/mol. The Morgan fingerprint density at radius 2 is 1.65 bits per heavy atom. The standard InChI is InChI=1S/C28H37N3O3/c1-17-9-21-14-23(31-25-8-3-2-7-24(25)29-26(27(31)32)28(33)34)15-22(10-17)30(21)16-20-12-18-5-4-6-19(11-18)13-20/h2-3,7-8,17-23H,4-6,9-16H2,1H3,(H,33,34)/t17?,18?,19?,20?,21-,22+,23?. The molecule has 0 amide bonds. The molecule has 4 bridgehead atoms.